The Bertz CT molecular complexity index is 1180. The number of amides is 1. The van der Waals surface area contributed by atoms with Gasteiger partial charge < -0.3 is 4.90 Å². The molecule has 1 aromatic heterocycles. The van der Waals surface area contributed by atoms with E-state index in [-0.39, 0.29) is 23.4 Å². The van der Waals surface area contributed by atoms with Crippen LogP contribution in [0, 0.1) is 5.92 Å². The van der Waals surface area contributed by atoms with Gasteiger partial charge in [-0.05, 0) is 56.0 Å². The molecule has 0 spiro atoms. The van der Waals surface area contributed by atoms with Crippen LogP contribution in [0.4, 0.5) is 0 Å². The summed E-state index contributed by atoms with van der Waals surface area (Å²) in [5.74, 6) is 0.876. The molecule has 1 fully saturated rings. The molecular weight excluding hydrogens is 434 g/mol. The normalized spacial score (nSPS) is 15.1. The second-order valence-electron chi connectivity index (χ2n) is 8.90. The maximum Gasteiger partial charge on any atom is 0.266 e. The number of hydrogen-bond acceptors (Lipinski definition) is 3. The third-order valence-corrected chi connectivity index (χ3v) is 6.90. The minimum atomic E-state index is -0.291. The molecule has 0 N–H and O–H groups in total. The van der Waals surface area contributed by atoms with Crippen molar-refractivity contribution in [2.45, 2.75) is 64.8 Å². The summed E-state index contributed by atoms with van der Waals surface area (Å²) in [5.41, 5.74) is 1.18. The molecule has 3 aromatic rings. The van der Waals surface area contributed by atoms with Gasteiger partial charge in [-0.1, -0.05) is 62.9 Å². The summed E-state index contributed by atoms with van der Waals surface area (Å²) in [6.07, 6.45) is 6.70. The van der Waals surface area contributed by atoms with Gasteiger partial charge in [0.05, 0.1) is 22.6 Å². The first-order chi connectivity index (χ1) is 16.0. The Morgan fingerprint density at radius 1 is 1.15 bits per heavy atom. The van der Waals surface area contributed by atoms with Gasteiger partial charge in [0.15, 0.2) is 0 Å². The largest absolute Gasteiger partial charge is 0.332 e. The van der Waals surface area contributed by atoms with Crippen molar-refractivity contribution in [3.63, 3.8) is 0 Å². The molecule has 1 saturated carbocycles. The fourth-order valence-corrected chi connectivity index (χ4v) is 5.12. The molecule has 1 atom stereocenters. The fraction of sp³-hybridized carbons (Fsp3) is 0.444. The van der Waals surface area contributed by atoms with Crippen LogP contribution < -0.4 is 5.56 Å². The number of benzene rings is 2. The van der Waals surface area contributed by atoms with E-state index < -0.39 is 0 Å². The molecule has 0 aliphatic heterocycles. The van der Waals surface area contributed by atoms with Crippen LogP contribution in [0.25, 0.3) is 16.6 Å². The van der Waals surface area contributed by atoms with E-state index in [2.05, 4.69) is 13.8 Å². The topological polar surface area (TPSA) is 55.2 Å². The molecular formula is C27H32ClN3O2. The maximum atomic E-state index is 13.7. The summed E-state index contributed by atoms with van der Waals surface area (Å²) in [6.45, 7) is 4.87. The van der Waals surface area contributed by atoms with Crippen LogP contribution >= 0.6 is 11.6 Å². The monoisotopic (exact) mass is 465 g/mol. The number of fused-ring (bicyclic) bond motifs is 1. The van der Waals surface area contributed by atoms with Gasteiger partial charge in [0.2, 0.25) is 5.91 Å². The van der Waals surface area contributed by atoms with E-state index in [9.17, 15) is 9.59 Å². The van der Waals surface area contributed by atoms with Gasteiger partial charge in [-0.2, -0.15) is 0 Å². The van der Waals surface area contributed by atoms with Crippen LogP contribution in [0.5, 0.6) is 0 Å². The predicted molar refractivity (Wildman–Crippen MR) is 134 cm³/mol. The second kappa shape index (κ2) is 10.5. The summed E-state index contributed by atoms with van der Waals surface area (Å²) in [7, 11) is 0. The van der Waals surface area contributed by atoms with E-state index in [1.807, 2.05) is 35.2 Å². The molecule has 1 aliphatic rings. The fourth-order valence-electron chi connectivity index (χ4n) is 4.94. The van der Waals surface area contributed by atoms with Crippen molar-refractivity contribution in [1.29, 1.82) is 0 Å². The molecule has 1 unspecified atom stereocenters. The molecule has 1 aliphatic carbocycles. The molecule has 2 aromatic carbocycles. The van der Waals surface area contributed by atoms with Crippen LogP contribution in [-0.4, -0.2) is 26.9 Å². The van der Waals surface area contributed by atoms with Crippen molar-refractivity contribution >= 4 is 28.4 Å². The summed E-state index contributed by atoms with van der Waals surface area (Å²) >= 11 is 6.30. The van der Waals surface area contributed by atoms with E-state index in [1.54, 1.807) is 22.8 Å². The quantitative estimate of drug-likeness (QED) is 0.391. The maximum absolute atomic E-state index is 13.7. The lowest BCUT2D eigenvalue weighted by Crippen LogP contribution is -2.41. The van der Waals surface area contributed by atoms with Crippen LogP contribution in [0.1, 0.15) is 70.7 Å². The highest BCUT2D eigenvalue weighted by atomic mass is 35.5. The van der Waals surface area contributed by atoms with Gasteiger partial charge in [0, 0.05) is 17.5 Å². The number of nitrogens with zero attached hydrogens (tertiary/aromatic N) is 3. The second-order valence-corrected chi connectivity index (χ2v) is 9.33. The van der Waals surface area contributed by atoms with E-state index in [4.69, 9.17) is 16.6 Å². The zero-order valence-corrected chi connectivity index (χ0v) is 20.2. The van der Waals surface area contributed by atoms with Gasteiger partial charge in [-0.25, -0.2) is 4.98 Å². The molecule has 0 saturated heterocycles. The Morgan fingerprint density at radius 3 is 2.61 bits per heavy atom. The van der Waals surface area contributed by atoms with Crippen molar-refractivity contribution in [3.8, 4) is 5.69 Å². The van der Waals surface area contributed by atoms with Crippen LogP contribution in [-0.2, 0) is 4.79 Å². The van der Waals surface area contributed by atoms with E-state index in [0.717, 1.165) is 38.5 Å². The number of hydrogen-bond donors (Lipinski definition) is 0. The SMILES string of the molecule is CCCCN(C(=O)C1CCCC1)C(CC)c1nc2ccccc2c(=O)n1-c1cccc(Cl)c1. The van der Waals surface area contributed by atoms with Gasteiger partial charge in [-0.15, -0.1) is 0 Å². The molecule has 0 bridgehead atoms. The predicted octanol–water partition coefficient (Wildman–Crippen LogP) is 6.31. The van der Waals surface area contributed by atoms with Crippen molar-refractivity contribution in [1.82, 2.24) is 14.5 Å². The van der Waals surface area contributed by atoms with Crippen molar-refractivity contribution in [2.75, 3.05) is 6.54 Å². The average molecular weight is 466 g/mol. The minimum Gasteiger partial charge on any atom is -0.332 e. The minimum absolute atomic E-state index is 0.0719. The molecule has 1 amide bonds. The summed E-state index contributed by atoms with van der Waals surface area (Å²) < 4.78 is 1.66. The third-order valence-electron chi connectivity index (χ3n) is 6.67. The highest BCUT2D eigenvalue weighted by Gasteiger charge is 2.33. The van der Waals surface area contributed by atoms with Gasteiger partial charge in [-0.3, -0.25) is 14.2 Å². The van der Waals surface area contributed by atoms with Gasteiger partial charge in [0.1, 0.15) is 5.82 Å². The Labute approximate surface area is 200 Å². The Kier molecular flexibility index (Phi) is 7.49. The summed E-state index contributed by atoms with van der Waals surface area (Å²) in [5, 5.41) is 1.11. The number of halogens is 1. The number of aromatic nitrogens is 2. The van der Waals surface area contributed by atoms with Crippen LogP contribution in [0.2, 0.25) is 5.02 Å². The molecule has 0 radical (unpaired) electrons. The van der Waals surface area contributed by atoms with Crippen molar-refractivity contribution in [3.05, 3.63) is 69.7 Å². The highest BCUT2D eigenvalue weighted by molar-refractivity contribution is 6.30. The van der Waals surface area contributed by atoms with Crippen molar-refractivity contribution < 1.29 is 4.79 Å². The molecule has 5 nitrogen and oxygen atoms in total. The molecule has 1 heterocycles. The van der Waals surface area contributed by atoms with Gasteiger partial charge in [0.25, 0.3) is 5.56 Å². The zero-order valence-electron chi connectivity index (χ0n) is 19.5. The molecule has 174 valence electrons. The molecule has 33 heavy (non-hydrogen) atoms. The number of unbranched alkanes of at least 4 members (excludes halogenated alkanes) is 1. The average Bonchev–Trinajstić information content (AvgIpc) is 3.36. The van der Waals surface area contributed by atoms with E-state index in [1.165, 1.54) is 0 Å². The smallest absolute Gasteiger partial charge is 0.266 e. The highest BCUT2D eigenvalue weighted by Crippen LogP contribution is 2.32. The number of para-hydroxylation sites is 1. The summed E-state index contributed by atoms with van der Waals surface area (Å²) in [6, 6.07) is 14.4. The Balaban J connectivity index is 1.91. The standard InChI is InChI=1S/C27H32ClN3O2/c1-3-5-17-30(26(32)19-11-6-7-12-19)24(4-2)25-29-23-16-9-8-15-22(23)27(33)31(25)21-14-10-13-20(28)18-21/h8-10,13-16,18-19,24H,3-7,11-12,17H2,1-2H3. The lowest BCUT2D eigenvalue weighted by molar-refractivity contribution is -0.138. The number of carbonyl (C=O) groups is 1. The molecule has 6 heteroatoms. The van der Waals surface area contributed by atoms with E-state index >= 15 is 0 Å². The van der Waals surface area contributed by atoms with Gasteiger partial charge >= 0.3 is 0 Å². The molecule has 4 rings (SSSR count). The first kappa shape index (κ1) is 23.5. The first-order valence-corrected chi connectivity index (χ1v) is 12.5. The van der Waals surface area contributed by atoms with Crippen molar-refractivity contribution in [2.24, 2.45) is 5.92 Å². The zero-order chi connectivity index (χ0) is 23.4. The first-order valence-electron chi connectivity index (χ1n) is 12.1. The Hall–Kier alpha value is -2.66. The lowest BCUT2D eigenvalue weighted by Gasteiger charge is -2.34. The number of carbonyl (C=O) groups excluding carboxylic acids is 1. The number of rotatable bonds is 8. The lowest BCUT2D eigenvalue weighted by atomic mass is 10.0. The van der Waals surface area contributed by atoms with Crippen LogP contribution in [0.3, 0.4) is 0 Å². The Morgan fingerprint density at radius 2 is 1.91 bits per heavy atom. The third kappa shape index (κ3) is 4.84. The van der Waals surface area contributed by atoms with Crippen LogP contribution in [0.15, 0.2) is 53.3 Å². The summed E-state index contributed by atoms with van der Waals surface area (Å²) in [4.78, 5) is 34.4. The van der Waals surface area contributed by atoms with E-state index in [0.29, 0.717) is 40.4 Å².